The summed E-state index contributed by atoms with van der Waals surface area (Å²) < 4.78 is 50.0. The maximum Gasteiger partial charge on any atom is 0.260 e. The number of hydrogen-bond donors (Lipinski definition) is 0. The number of carbonyl (C=O) groups is 1. The third-order valence-electron chi connectivity index (χ3n) is 6.74. The van der Waals surface area contributed by atoms with Gasteiger partial charge in [0, 0.05) is 46.0 Å². The molecule has 13 heteroatoms. The summed E-state index contributed by atoms with van der Waals surface area (Å²) in [5.74, 6) is 0.941. The number of sulfonamides is 1. The molecule has 0 fully saturated rings. The van der Waals surface area contributed by atoms with Gasteiger partial charge in [-0.2, -0.15) is 4.31 Å². The van der Waals surface area contributed by atoms with Gasteiger partial charge in [-0.15, -0.1) is 0 Å². The third kappa shape index (κ3) is 7.73. The molecular weight excluding hydrogens is 568 g/mol. The molecule has 41 heavy (non-hydrogen) atoms. The first kappa shape index (κ1) is 32.7. The van der Waals surface area contributed by atoms with Crippen LogP contribution in [0.1, 0.15) is 24.2 Å². The van der Waals surface area contributed by atoms with Crippen molar-refractivity contribution in [1.29, 1.82) is 0 Å². The van der Waals surface area contributed by atoms with Crippen molar-refractivity contribution in [3.05, 3.63) is 42.0 Å². The number of aromatic nitrogens is 1. The lowest BCUT2D eigenvalue weighted by Crippen LogP contribution is -2.39. The number of carbonyl (C=O) groups excluding carboxylic acids is 1. The van der Waals surface area contributed by atoms with Crippen molar-refractivity contribution in [1.82, 2.24) is 14.2 Å². The molecule has 0 N–H and O–H groups in total. The van der Waals surface area contributed by atoms with E-state index in [2.05, 4.69) is 18.7 Å². The number of anilines is 1. The standard InChI is InChI=1S/C28H40N4O7S2/c1-7-30(8-2)15-16-32(28-29-25-23(38-5)13-14-24(39-6)26(25)40-28)27(33)21-9-11-22(12-10-21)41(34,35)31(17-19-36-3)18-20-37-4/h9-14H,7-8,15-20H2,1-6H3. The van der Waals surface area contributed by atoms with Crippen LogP contribution in [0.15, 0.2) is 41.3 Å². The summed E-state index contributed by atoms with van der Waals surface area (Å²) in [5.41, 5.74) is 0.961. The number of methoxy groups -OCH3 is 4. The van der Waals surface area contributed by atoms with Crippen molar-refractivity contribution in [2.75, 3.05) is 85.8 Å². The van der Waals surface area contributed by atoms with E-state index < -0.39 is 10.0 Å². The van der Waals surface area contributed by atoms with Crippen LogP contribution >= 0.6 is 11.3 Å². The van der Waals surface area contributed by atoms with Crippen LogP contribution in [0.3, 0.4) is 0 Å². The van der Waals surface area contributed by atoms with Crippen LogP contribution in [0.4, 0.5) is 5.13 Å². The minimum Gasteiger partial charge on any atom is -0.495 e. The number of nitrogens with zero attached hydrogens (tertiary/aromatic N) is 4. The first-order valence-electron chi connectivity index (χ1n) is 13.4. The normalized spacial score (nSPS) is 11.9. The molecule has 3 aromatic rings. The lowest BCUT2D eigenvalue weighted by Gasteiger charge is -2.25. The summed E-state index contributed by atoms with van der Waals surface area (Å²) >= 11 is 1.35. The van der Waals surface area contributed by atoms with E-state index in [-0.39, 0.29) is 37.1 Å². The SMILES string of the molecule is CCN(CC)CCN(C(=O)c1ccc(S(=O)(=O)N(CCOC)CCOC)cc1)c1nc2c(OC)ccc(OC)c2s1. The van der Waals surface area contributed by atoms with E-state index in [1.165, 1.54) is 42.0 Å². The number of fused-ring (bicyclic) bond motifs is 1. The first-order valence-corrected chi connectivity index (χ1v) is 15.6. The molecule has 11 nitrogen and oxygen atoms in total. The van der Waals surface area contributed by atoms with Crippen LogP contribution in [-0.2, 0) is 19.5 Å². The molecule has 3 rings (SSSR count). The number of ether oxygens (including phenoxy) is 4. The van der Waals surface area contributed by atoms with Crippen molar-refractivity contribution in [2.45, 2.75) is 18.7 Å². The number of rotatable bonds is 17. The molecule has 0 aliphatic rings. The quantitative estimate of drug-likeness (QED) is 0.227. The Balaban J connectivity index is 1.98. The Morgan fingerprint density at radius 2 is 1.41 bits per heavy atom. The van der Waals surface area contributed by atoms with Gasteiger partial charge in [0.2, 0.25) is 10.0 Å². The highest BCUT2D eigenvalue weighted by atomic mass is 32.2. The van der Waals surface area contributed by atoms with Crippen LogP contribution in [-0.4, -0.2) is 109 Å². The van der Waals surface area contributed by atoms with Gasteiger partial charge < -0.3 is 23.8 Å². The fourth-order valence-electron chi connectivity index (χ4n) is 4.27. The Hall–Kier alpha value is -2.81. The maximum absolute atomic E-state index is 13.9. The molecule has 226 valence electrons. The second-order valence-corrected chi connectivity index (χ2v) is 12.0. The summed E-state index contributed by atoms with van der Waals surface area (Å²) in [6.45, 7) is 7.74. The largest absolute Gasteiger partial charge is 0.495 e. The smallest absolute Gasteiger partial charge is 0.260 e. The molecule has 1 amide bonds. The Kier molecular flexibility index (Phi) is 12.3. The predicted molar refractivity (Wildman–Crippen MR) is 161 cm³/mol. The zero-order chi connectivity index (χ0) is 30.0. The van der Waals surface area contributed by atoms with Crippen LogP contribution in [0.25, 0.3) is 10.2 Å². The van der Waals surface area contributed by atoms with Gasteiger partial charge in [0.15, 0.2) is 5.13 Å². The molecule has 0 unspecified atom stereocenters. The number of benzene rings is 2. The van der Waals surface area contributed by atoms with Crippen molar-refractivity contribution in [3.8, 4) is 11.5 Å². The van der Waals surface area contributed by atoms with Gasteiger partial charge in [0.1, 0.15) is 21.7 Å². The fourth-order valence-corrected chi connectivity index (χ4v) is 6.77. The van der Waals surface area contributed by atoms with Crippen LogP contribution < -0.4 is 14.4 Å². The van der Waals surface area contributed by atoms with E-state index in [0.29, 0.717) is 40.8 Å². The topological polar surface area (TPSA) is 111 Å². The van der Waals surface area contributed by atoms with Crippen molar-refractivity contribution >= 4 is 42.6 Å². The van der Waals surface area contributed by atoms with E-state index in [4.69, 9.17) is 23.9 Å². The summed E-state index contributed by atoms with van der Waals surface area (Å²) in [6, 6.07) is 9.60. The number of thiazole rings is 1. The molecule has 0 aliphatic heterocycles. The highest BCUT2D eigenvalue weighted by molar-refractivity contribution is 7.89. The van der Waals surface area contributed by atoms with E-state index >= 15 is 0 Å². The zero-order valence-electron chi connectivity index (χ0n) is 24.6. The first-order chi connectivity index (χ1) is 19.7. The van der Waals surface area contributed by atoms with Gasteiger partial charge >= 0.3 is 0 Å². The lowest BCUT2D eigenvalue weighted by molar-refractivity contribution is 0.0983. The van der Waals surface area contributed by atoms with Crippen molar-refractivity contribution in [2.24, 2.45) is 0 Å². The second kappa shape index (κ2) is 15.4. The molecule has 0 saturated carbocycles. The summed E-state index contributed by atoms with van der Waals surface area (Å²) in [6.07, 6.45) is 0. The minimum atomic E-state index is -3.82. The van der Waals surface area contributed by atoms with Gasteiger partial charge in [0.05, 0.1) is 32.3 Å². The lowest BCUT2D eigenvalue weighted by atomic mass is 10.2. The van der Waals surface area contributed by atoms with Crippen molar-refractivity contribution < 1.29 is 32.2 Å². The fraction of sp³-hybridized carbons (Fsp3) is 0.500. The number of amides is 1. The van der Waals surface area contributed by atoms with Gasteiger partial charge in [-0.1, -0.05) is 25.2 Å². The Morgan fingerprint density at radius 1 is 0.829 bits per heavy atom. The molecule has 0 bridgehead atoms. The molecule has 0 atom stereocenters. The summed E-state index contributed by atoms with van der Waals surface area (Å²) in [7, 11) is 2.38. The van der Waals surface area contributed by atoms with Gasteiger partial charge in [-0.05, 0) is 49.5 Å². The van der Waals surface area contributed by atoms with Gasteiger partial charge in [-0.3, -0.25) is 9.69 Å². The van der Waals surface area contributed by atoms with Crippen molar-refractivity contribution in [3.63, 3.8) is 0 Å². The Bertz CT molecular complexity index is 1330. The molecule has 0 saturated heterocycles. The monoisotopic (exact) mass is 608 g/mol. The zero-order valence-corrected chi connectivity index (χ0v) is 26.2. The number of likely N-dealkylation sites (N-methyl/N-ethyl adjacent to an activating group) is 1. The van der Waals surface area contributed by atoms with Crippen LogP contribution in [0, 0.1) is 0 Å². The average Bonchev–Trinajstić information content (AvgIpc) is 3.44. The molecule has 1 heterocycles. The second-order valence-electron chi connectivity index (χ2n) is 9.04. The number of hydrogen-bond acceptors (Lipinski definition) is 10. The molecule has 0 spiro atoms. The Morgan fingerprint density at radius 3 is 1.95 bits per heavy atom. The summed E-state index contributed by atoms with van der Waals surface area (Å²) in [4.78, 5) is 22.6. The van der Waals surface area contributed by atoms with E-state index in [9.17, 15) is 13.2 Å². The van der Waals surface area contributed by atoms with Gasteiger partial charge in [-0.25, -0.2) is 13.4 Å². The third-order valence-corrected chi connectivity index (χ3v) is 9.74. The molecule has 2 aromatic carbocycles. The average molecular weight is 609 g/mol. The molecule has 0 aliphatic carbocycles. The highest BCUT2D eigenvalue weighted by Crippen LogP contribution is 2.40. The maximum atomic E-state index is 13.9. The molecule has 0 radical (unpaired) electrons. The van der Waals surface area contributed by atoms with E-state index in [1.807, 2.05) is 6.07 Å². The van der Waals surface area contributed by atoms with Crippen LogP contribution in [0.2, 0.25) is 0 Å². The minimum absolute atomic E-state index is 0.0883. The Labute approximate surface area is 246 Å². The van der Waals surface area contributed by atoms with E-state index in [0.717, 1.165) is 17.8 Å². The van der Waals surface area contributed by atoms with E-state index in [1.54, 1.807) is 37.3 Å². The summed E-state index contributed by atoms with van der Waals surface area (Å²) in [5, 5.41) is 0.502. The highest BCUT2D eigenvalue weighted by Gasteiger charge is 2.27. The molecule has 1 aromatic heterocycles. The molecular formula is C28H40N4O7S2. The van der Waals surface area contributed by atoms with Crippen LogP contribution in [0.5, 0.6) is 11.5 Å². The predicted octanol–water partition coefficient (Wildman–Crippen LogP) is 3.59. The van der Waals surface area contributed by atoms with Gasteiger partial charge in [0.25, 0.3) is 5.91 Å².